The number of aromatic nitrogens is 1. The minimum atomic E-state index is -0.484. The van der Waals surface area contributed by atoms with E-state index >= 15 is 0 Å². The van der Waals surface area contributed by atoms with Gasteiger partial charge in [0.05, 0.1) is 0 Å². The second kappa shape index (κ2) is 9.09. The van der Waals surface area contributed by atoms with E-state index in [-0.39, 0.29) is 24.1 Å². The van der Waals surface area contributed by atoms with Gasteiger partial charge in [-0.3, -0.25) is 15.0 Å². The molecule has 0 radical (unpaired) electrons. The third kappa shape index (κ3) is 4.86. The van der Waals surface area contributed by atoms with E-state index < -0.39 is 6.09 Å². The van der Waals surface area contributed by atoms with Crippen molar-refractivity contribution in [1.29, 1.82) is 0 Å². The molecule has 1 aliphatic rings. The molecular weight excluding hydrogens is 385 g/mol. The van der Waals surface area contributed by atoms with Crippen molar-refractivity contribution in [1.82, 2.24) is 9.88 Å². The van der Waals surface area contributed by atoms with Gasteiger partial charge in [0, 0.05) is 35.4 Å². The fourth-order valence-electron chi connectivity index (χ4n) is 3.82. The van der Waals surface area contributed by atoms with Crippen molar-refractivity contribution in [3.63, 3.8) is 0 Å². The van der Waals surface area contributed by atoms with Gasteiger partial charge in [0.15, 0.2) is 5.78 Å². The SMILES string of the molecule is O=C(Nc1ccc2cc[nH]c2c1)OCCN1CCC(C(=O)c2ccc(F)cc2)CC1. The topological polar surface area (TPSA) is 74.4 Å². The zero-order valence-corrected chi connectivity index (χ0v) is 16.6. The Bertz CT molecular complexity index is 1020. The van der Waals surface area contributed by atoms with E-state index in [4.69, 9.17) is 4.74 Å². The van der Waals surface area contributed by atoms with Gasteiger partial charge in [-0.25, -0.2) is 9.18 Å². The van der Waals surface area contributed by atoms with Crippen LogP contribution in [-0.2, 0) is 4.74 Å². The summed E-state index contributed by atoms with van der Waals surface area (Å²) in [6.45, 7) is 2.45. The van der Waals surface area contributed by atoms with Crippen LogP contribution in [0.3, 0.4) is 0 Å². The van der Waals surface area contributed by atoms with Crippen LogP contribution in [0, 0.1) is 11.7 Å². The molecule has 156 valence electrons. The van der Waals surface area contributed by atoms with Gasteiger partial charge < -0.3 is 9.72 Å². The lowest BCUT2D eigenvalue weighted by Gasteiger charge is -2.31. The van der Waals surface area contributed by atoms with Crippen LogP contribution in [0.25, 0.3) is 10.9 Å². The molecule has 2 heterocycles. The highest BCUT2D eigenvalue weighted by molar-refractivity contribution is 5.97. The number of ether oxygens (including phenoxy) is 1. The molecule has 0 aliphatic carbocycles. The van der Waals surface area contributed by atoms with E-state index in [0.29, 0.717) is 17.8 Å². The van der Waals surface area contributed by atoms with E-state index in [0.717, 1.165) is 36.8 Å². The maximum atomic E-state index is 13.0. The summed E-state index contributed by atoms with van der Waals surface area (Å²) in [6, 6.07) is 13.3. The predicted octanol–water partition coefficient (Wildman–Crippen LogP) is 4.45. The quantitative estimate of drug-likeness (QED) is 0.590. The number of hydrogen-bond acceptors (Lipinski definition) is 4. The van der Waals surface area contributed by atoms with Gasteiger partial charge in [0.1, 0.15) is 12.4 Å². The summed E-state index contributed by atoms with van der Waals surface area (Å²) in [5.41, 5.74) is 2.19. The molecule has 0 atom stereocenters. The summed E-state index contributed by atoms with van der Waals surface area (Å²) in [4.78, 5) is 29.8. The third-order valence-corrected chi connectivity index (χ3v) is 5.53. The number of piperidine rings is 1. The average molecular weight is 409 g/mol. The van der Waals surface area contributed by atoms with Crippen molar-refractivity contribution in [3.05, 3.63) is 66.1 Å². The van der Waals surface area contributed by atoms with Crippen LogP contribution >= 0.6 is 0 Å². The summed E-state index contributed by atoms with van der Waals surface area (Å²) in [5.74, 6) is -0.307. The predicted molar refractivity (Wildman–Crippen MR) is 113 cm³/mol. The van der Waals surface area contributed by atoms with Gasteiger partial charge >= 0.3 is 6.09 Å². The van der Waals surface area contributed by atoms with E-state index in [1.165, 1.54) is 12.1 Å². The van der Waals surface area contributed by atoms with Crippen LogP contribution < -0.4 is 5.32 Å². The lowest BCUT2D eigenvalue weighted by atomic mass is 9.89. The second-order valence-corrected chi connectivity index (χ2v) is 7.53. The number of halogens is 1. The highest BCUT2D eigenvalue weighted by Crippen LogP contribution is 2.22. The molecule has 2 aromatic carbocycles. The molecule has 1 aliphatic heterocycles. The van der Waals surface area contributed by atoms with Gasteiger partial charge in [0.25, 0.3) is 0 Å². The molecule has 1 saturated heterocycles. The zero-order valence-electron chi connectivity index (χ0n) is 16.6. The number of amides is 1. The van der Waals surface area contributed by atoms with Crippen LogP contribution in [0.4, 0.5) is 14.9 Å². The molecule has 1 aromatic heterocycles. The first-order valence-corrected chi connectivity index (χ1v) is 10.1. The standard InChI is InChI=1S/C23H24FN3O3/c24-19-4-1-17(2-5-19)22(28)18-8-11-27(12-9-18)13-14-30-23(29)26-20-6-3-16-7-10-25-21(16)15-20/h1-7,10,15,18,25H,8-9,11-14H2,(H,26,29). The third-order valence-electron chi connectivity index (χ3n) is 5.53. The number of Topliss-reactive ketones (excluding diaryl/α,β-unsaturated/α-hetero) is 1. The molecule has 1 fully saturated rings. The van der Waals surface area contributed by atoms with Crippen LogP contribution in [0.1, 0.15) is 23.2 Å². The summed E-state index contributed by atoms with van der Waals surface area (Å²) in [6.07, 6.45) is 2.86. The van der Waals surface area contributed by atoms with E-state index in [2.05, 4.69) is 15.2 Å². The molecule has 2 N–H and O–H groups in total. The number of carbonyl (C=O) groups excluding carboxylic acids is 2. The number of anilines is 1. The maximum Gasteiger partial charge on any atom is 0.411 e. The van der Waals surface area contributed by atoms with Crippen molar-refractivity contribution in [3.8, 4) is 0 Å². The summed E-state index contributed by atoms with van der Waals surface area (Å²) < 4.78 is 18.3. The fraction of sp³-hybridized carbons (Fsp3) is 0.304. The Morgan fingerprint density at radius 1 is 1.10 bits per heavy atom. The first kappa shape index (κ1) is 20.1. The monoisotopic (exact) mass is 409 g/mol. The minimum Gasteiger partial charge on any atom is -0.448 e. The van der Waals surface area contributed by atoms with Gasteiger partial charge in [-0.05, 0) is 73.8 Å². The molecule has 30 heavy (non-hydrogen) atoms. The number of aromatic amines is 1. The first-order valence-electron chi connectivity index (χ1n) is 10.1. The normalized spacial score (nSPS) is 15.2. The van der Waals surface area contributed by atoms with E-state index in [1.807, 2.05) is 30.5 Å². The van der Waals surface area contributed by atoms with Crippen molar-refractivity contribution < 1.29 is 18.7 Å². The minimum absolute atomic E-state index is 0.0427. The van der Waals surface area contributed by atoms with Gasteiger partial charge in [-0.15, -0.1) is 0 Å². The van der Waals surface area contributed by atoms with Crippen molar-refractivity contribution in [2.75, 3.05) is 31.6 Å². The Labute approximate surface area is 174 Å². The lowest BCUT2D eigenvalue weighted by molar-refractivity contribution is 0.0813. The number of likely N-dealkylation sites (tertiary alicyclic amines) is 1. The number of carbonyl (C=O) groups is 2. The highest BCUT2D eigenvalue weighted by Gasteiger charge is 2.25. The van der Waals surface area contributed by atoms with Crippen molar-refractivity contribution in [2.24, 2.45) is 5.92 Å². The first-order chi connectivity index (χ1) is 14.6. The van der Waals surface area contributed by atoms with Crippen LogP contribution in [0.15, 0.2) is 54.7 Å². The molecule has 0 saturated carbocycles. The number of ketones is 1. The Morgan fingerprint density at radius 2 is 1.87 bits per heavy atom. The Morgan fingerprint density at radius 3 is 2.63 bits per heavy atom. The molecule has 7 heteroatoms. The van der Waals surface area contributed by atoms with Gasteiger partial charge in [-0.2, -0.15) is 0 Å². The van der Waals surface area contributed by atoms with E-state index in [1.54, 1.807) is 12.1 Å². The number of nitrogens with one attached hydrogen (secondary N) is 2. The van der Waals surface area contributed by atoms with Crippen molar-refractivity contribution in [2.45, 2.75) is 12.8 Å². The van der Waals surface area contributed by atoms with Crippen LogP contribution in [0.2, 0.25) is 0 Å². The smallest absolute Gasteiger partial charge is 0.411 e. The molecule has 4 rings (SSSR count). The van der Waals surface area contributed by atoms with Crippen LogP contribution in [-0.4, -0.2) is 48.0 Å². The summed E-state index contributed by atoms with van der Waals surface area (Å²) in [7, 11) is 0. The molecule has 3 aromatic rings. The summed E-state index contributed by atoms with van der Waals surface area (Å²) in [5, 5.41) is 3.81. The number of rotatable bonds is 6. The molecular formula is C23H24FN3O3. The Balaban J connectivity index is 1.18. The molecule has 0 spiro atoms. The number of nitrogens with zero attached hydrogens (tertiary/aromatic N) is 1. The largest absolute Gasteiger partial charge is 0.448 e. The molecule has 0 unspecified atom stereocenters. The Kier molecular flexibility index (Phi) is 6.09. The van der Waals surface area contributed by atoms with E-state index in [9.17, 15) is 14.0 Å². The average Bonchev–Trinajstić information content (AvgIpc) is 3.22. The number of H-pyrrole nitrogens is 1. The van der Waals surface area contributed by atoms with Gasteiger partial charge in [0.2, 0.25) is 0 Å². The highest BCUT2D eigenvalue weighted by atomic mass is 19.1. The number of fused-ring (bicyclic) bond motifs is 1. The molecule has 0 bridgehead atoms. The number of hydrogen-bond donors (Lipinski definition) is 2. The molecule has 1 amide bonds. The lowest BCUT2D eigenvalue weighted by Crippen LogP contribution is -2.38. The summed E-state index contributed by atoms with van der Waals surface area (Å²) >= 11 is 0. The number of benzene rings is 2. The van der Waals surface area contributed by atoms with Crippen molar-refractivity contribution >= 4 is 28.5 Å². The second-order valence-electron chi connectivity index (χ2n) is 7.53. The Hall–Kier alpha value is -3.19. The molecule has 6 nitrogen and oxygen atoms in total. The van der Waals surface area contributed by atoms with Gasteiger partial charge in [-0.1, -0.05) is 6.07 Å². The fourth-order valence-corrected chi connectivity index (χ4v) is 3.82. The van der Waals surface area contributed by atoms with Crippen LogP contribution in [0.5, 0.6) is 0 Å². The zero-order chi connectivity index (χ0) is 20.9. The maximum absolute atomic E-state index is 13.0.